The number of ether oxygens (including phenoxy) is 1. The Morgan fingerprint density at radius 2 is 1.97 bits per heavy atom. The number of piperidine rings is 1. The Labute approximate surface area is 176 Å². The Bertz CT molecular complexity index is 842. The van der Waals surface area contributed by atoms with E-state index in [0.29, 0.717) is 19.0 Å². The van der Waals surface area contributed by atoms with Crippen LogP contribution in [0.4, 0.5) is 10.6 Å². The van der Waals surface area contributed by atoms with Crippen molar-refractivity contribution in [2.24, 2.45) is 5.92 Å². The van der Waals surface area contributed by atoms with E-state index in [-0.39, 0.29) is 30.6 Å². The maximum Gasteiger partial charge on any atom is 0.343 e. The summed E-state index contributed by atoms with van der Waals surface area (Å²) in [6.45, 7) is 5.03. The predicted octanol–water partition coefficient (Wildman–Crippen LogP) is 2.93. The minimum atomic E-state index is -0.677. The molecule has 0 aliphatic carbocycles. The Hall–Kier alpha value is -2.87. The van der Waals surface area contributed by atoms with E-state index in [1.165, 1.54) is 16.4 Å². The number of aliphatic hydroxyl groups excluding tert-OH is 1. The van der Waals surface area contributed by atoms with Gasteiger partial charge < -0.3 is 14.7 Å². The van der Waals surface area contributed by atoms with Crippen LogP contribution in [0.25, 0.3) is 0 Å². The molecule has 8 nitrogen and oxygen atoms in total. The number of anilines is 1. The fourth-order valence-corrected chi connectivity index (χ4v) is 3.73. The molecular formula is C22H30N4O4. The lowest BCUT2D eigenvalue weighted by molar-refractivity contribution is 0.0527. The molecule has 1 aliphatic heterocycles. The second kappa shape index (κ2) is 10.2. The van der Waals surface area contributed by atoms with Crippen molar-refractivity contribution in [3.63, 3.8) is 0 Å². The van der Waals surface area contributed by atoms with Crippen LogP contribution < -0.4 is 5.32 Å². The minimum absolute atomic E-state index is 0.161. The zero-order valence-corrected chi connectivity index (χ0v) is 17.6. The number of amides is 2. The SMILES string of the molecule is CCOC(=O)c1cnn(CC(C)O)c1NC(=O)N1CCC(Cc2ccccc2)CC1. The van der Waals surface area contributed by atoms with Gasteiger partial charge in [0, 0.05) is 13.1 Å². The Kier molecular flexibility index (Phi) is 7.46. The number of nitrogens with zero attached hydrogens (tertiary/aromatic N) is 3. The van der Waals surface area contributed by atoms with Gasteiger partial charge in [-0.1, -0.05) is 30.3 Å². The molecule has 2 amide bonds. The number of aromatic nitrogens is 2. The van der Waals surface area contributed by atoms with Crippen LogP contribution in [0.15, 0.2) is 36.5 Å². The zero-order valence-electron chi connectivity index (χ0n) is 17.6. The number of likely N-dealkylation sites (tertiary alicyclic amines) is 1. The normalized spacial score (nSPS) is 15.6. The highest BCUT2D eigenvalue weighted by Gasteiger charge is 2.26. The number of benzene rings is 1. The number of carbonyl (C=O) groups is 2. The summed E-state index contributed by atoms with van der Waals surface area (Å²) in [6, 6.07) is 10.1. The van der Waals surface area contributed by atoms with E-state index in [9.17, 15) is 14.7 Å². The van der Waals surface area contributed by atoms with Crippen molar-refractivity contribution >= 4 is 17.8 Å². The fourth-order valence-electron chi connectivity index (χ4n) is 3.73. The van der Waals surface area contributed by atoms with Gasteiger partial charge in [-0.25, -0.2) is 14.3 Å². The maximum atomic E-state index is 12.9. The van der Waals surface area contributed by atoms with Gasteiger partial charge in [-0.15, -0.1) is 0 Å². The van der Waals surface area contributed by atoms with Crippen molar-refractivity contribution in [1.82, 2.24) is 14.7 Å². The number of carbonyl (C=O) groups excluding carboxylic acids is 2. The number of hydrogen-bond acceptors (Lipinski definition) is 5. The summed E-state index contributed by atoms with van der Waals surface area (Å²) in [5, 5.41) is 16.7. The van der Waals surface area contributed by atoms with E-state index in [0.717, 1.165) is 19.3 Å². The fraction of sp³-hybridized carbons (Fsp3) is 0.500. The van der Waals surface area contributed by atoms with Gasteiger partial charge in [-0.05, 0) is 44.6 Å². The van der Waals surface area contributed by atoms with E-state index in [1.54, 1.807) is 18.7 Å². The first-order valence-corrected chi connectivity index (χ1v) is 10.5. The van der Waals surface area contributed by atoms with Crippen LogP contribution in [0.3, 0.4) is 0 Å². The van der Waals surface area contributed by atoms with Crippen LogP contribution in [0.5, 0.6) is 0 Å². The Morgan fingerprint density at radius 3 is 2.60 bits per heavy atom. The second-order valence-corrected chi connectivity index (χ2v) is 7.71. The molecule has 1 aromatic carbocycles. The number of esters is 1. The summed E-state index contributed by atoms with van der Waals surface area (Å²) in [6.07, 6.45) is 3.57. The molecule has 1 unspecified atom stereocenters. The molecule has 1 aliphatic rings. The largest absolute Gasteiger partial charge is 0.462 e. The first kappa shape index (κ1) is 21.8. The highest BCUT2D eigenvalue weighted by Crippen LogP contribution is 2.23. The van der Waals surface area contributed by atoms with Gasteiger partial charge in [-0.2, -0.15) is 5.10 Å². The van der Waals surface area contributed by atoms with Gasteiger partial charge in [0.15, 0.2) is 0 Å². The molecule has 1 aromatic heterocycles. The quantitative estimate of drug-likeness (QED) is 0.679. The van der Waals surface area contributed by atoms with Gasteiger partial charge in [0.1, 0.15) is 11.4 Å². The molecule has 162 valence electrons. The Balaban J connectivity index is 1.63. The molecule has 0 radical (unpaired) electrons. The van der Waals surface area contributed by atoms with Gasteiger partial charge in [0.05, 0.1) is 25.5 Å². The summed E-state index contributed by atoms with van der Waals surface area (Å²) < 4.78 is 6.49. The van der Waals surface area contributed by atoms with Gasteiger partial charge in [0.2, 0.25) is 0 Å². The second-order valence-electron chi connectivity index (χ2n) is 7.71. The standard InChI is InChI=1S/C22H30N4O4/c1-3-30-21(28)19-14-23-26(15-16(2)27)20(19)24-22(29)25-11-9-18(10-12-25)13-17-7-5-4-6-8-17/h4-8,14,16,18,27H,3,9-13,15H2,1-2H3,(H,24,29). The lowest BCUT2D eigenvalue weighted by Gasteiger charge is -2.32. The summed E-state index contributed by atoms with van der Waals surface area (Å²) in [5.74, 6) is 0.254. The van der Waals surface area contributed by atoms with Crippen molar-refractivity contribution in [3.05, 3.63) is 47.7 Å². The molecule has 1 fully saturated rings. The predicted molar refractivity (Wildman–Crippen MR) is 113 cm³/mol. The van der Waals surface area contributed by atoms with Crippen LogP contribution >= 0.6 is 0 Å². The number of urea groups is 1. The third-order valence-corrected chi connectivity index (χ3v) is 5.27. The number of aliphatic hydroxyl groups is 1. The first-order valence-electron chi connectivity index (χ1n) is 10.5. The van der Waals surface area contributed by atoms with Crippen LogP contribution in [0.1, 0.15) is 42.6 Å². The molecule has 2 N–H and O–H groups in total. The smallest absolute Gasteiger partial charge is 0.343 e. The average molecular weight is 415 g/mol. The van der Waals surface area contributed by atoms with Crippen molar-refractivity contribution in [2.75, 3.05) is 25.0 Å². The third-order valence-electron chi connectivity index (χ3n) is 5.27. The summed E-state index contributed by atoms with van der Waals surface area (Å²) in [5.41, 5.74) is 1.51. The maximum absolute atomic E-state index is 12.9. The molecule has 0 spiro atoms. The Morgan fingerprint density at radius 1 is 1.27 bits per heavy atom. The molecule has 8 heteroatoms. The molecule has 0 bridgehead atoms. The average Bonchev–Trinajstić information content (AvgIpc) is 3.11. The van der Waals surface area contributed by atoms with E-state index in [1.807, 2.05) is 6.07 Å². The third kappa shape index (κ3) is 5.60. The summed E-state index contributed by atoms with van der Waals surface area (Å²) in [7, 11) is 0. The lowest BCUT2D eigenvalue weighted by atomic mass is 9.90. The molecule has 2 heterocycles. The first-order chi connectivity index (χ1) is 14.5. The van der Waals surface area contributed by atoms with Gasteiger partial charge in [-0.3, -0.25) is 5.32 Å². The molecular weight excluding hydrogens is 384 g/mol. The van der Waals surface area contributed by atoms with Crippen LogP contribution in [-0.2, 0) is 17.7 Å². The number of hydrogen-bond donors (Lipinski definition) is 2. The van der Waals surface area contributed by atoms with E-state index < -0.39 is 12.1 Å². The van der Waals surface area contributed by atoms with Crippen molar-refractivity contribution in [1.29, 1.82) is 0 Å². The lowest BCUT2D eigenvalue weighted by Crippen LogP contribution is -2.42. The molecule has 30 heavy (non-hydrogen) atoms. The van der Waals surface area contributed by atoms with E-state index in [4.69, 9.17) is 4.74 Å². The van der Waals surface area contributed by atoms with E-state index in [2.05, 4.69) is 34.7 Å². The molecule has 1 atom stereocenters. The summed E-state index contributed by atoms with van der Waals surface area (Å²) >= 11 is 0. The van der Waals surface area contributed by atoms with Crippen molar-refractivity contribution in [3.8, 4) is 0 Å². The molecule has 0 saturated carbocycles. The topological polar surface area (TPSA) is 96.7 Å². The van der Waals surface area contributed by atoms with Crippen LogP contribution in [0, 0.1) is 5.92 Å². The van der Waals surface area contributed by atoms with Crippen molar-refractivity contribution < 1.29 is 19.4 Å². The highest BCUT2D eigenvalue weighted by molar-refractivity contribution is 5.99. The number of nitrogens with one attached hydrogen (secondary N) is 1. The molecule has 2 aromatic rings. The van der Waals surface area contributed by atoms with Crippen LogP contribution in [-0.4, -0.2) is 57.6 Å². The zero-order chi connectivity index (χ0) is 21.5. The van der Waals surface area contributed by atoms with Gasteiger partial charge in [0.25, 0.3) is 0 Å². The van der Waals surface area contributed by atoms with E-state index >= 15 is 0 Å². The number of rotatable bonds is 7. The van der Waals surface area contributed by atoms with Gasteiger partial charge >= 0.3 is 12.0 Å². The minimum Gasteiger partial charge on any atom is -0.462 e. The summed E-state index contributed by atoms with van der Waals surface area (Å²) in [4.78, 5) is 26.9. The molecule has 1 saturated heterocycles. The highest BCUT2D eigenvalue weighted by atomic mass is 16.5. The van der Waals surface area contributed by atoms with Crippen molar-refractivity contribution in [2.45, 2.75) is 45.8 Å². The monoisotopic (exact) mass is 414 g/mol. The molecule has 3 rings (SSSR count). The van der Waals surface area contributed by atoms with Crippen LogP contribution in [0.2, 0.25) is 0 Å².